The molecule has 4 nitrogen and oxygen atoms in total. The molecule has 3 rings (SSSR count). The Morgan fingerprint density at radius 2 is 1.89 bits per heavy atom. The standard InChI is InChI=1S/C14H11ClN2O2/c15-10-3-1-9(2-4-10)8-17-13-7-11(18)5-6-12(13)16-14(17)19/h1-7,18H,8H2,(H,16,19). The summed E-state index contributed by atoms with van der Waals surface area (Å²) in [5.41, 5.74) is 2.16. The lowest BCUT2D eigenvalue weighted by atomic mass is 10.2. The Morgan fingerprint density at radius 1 is 1.16 bits per heavy atom. The molecule has 5 heteroatoms. The Labute approximate surface area is 113 Å². The van der Waals surface area contributed by atoms with Gasteiger partial charge in [-0.3, -0.25) is 4.57 Å². The van der Waals surface area contributed by atoms with Crippen molar-refractivity contribution in [2.45, 2.75) is 6.54 Å². The van der Waals surface area contributed by atoms with E-state index in [1.54, 1.807) is 34.9 Å². The van der Waals surface area contributed by atoms with Crippen LogP contribution in [0.4, 0.5) is 0 Å². The van der Waals surface area contributed by atoms with Crippen LogP contribution in [-0.2, 0) is 6.54 Å². The van der Waals surface area contributed by atoms with Crippen LogP contribution in [0.3, 0.4) is 0 Å². The number of aromatic amines is 1. The first-order chi connectivity index (χ1) is 9.13. The van der Waals surface area contributed by atoms with Crippen LogP contribution >= 0.6 is 11.6 Å². The maximum Gasteiger partial charge on any atom is 0.326 e. The number of benzene rings is 2. The largest absolute Gasteiger partial charge is 0.508 e. The van der Waals surface area contributed by atoms with E-state index < -0.39 is 0 Å². The van der Waals surface area contributed by atoms with Crippen molar-refractivity contribution in [1.82, 2.24) is 9.55 Å². The highest BCUT2D eigenvalue weighted by molar-refractivity contribution is 6.30. The van der Waals surface area contributed by atoms with E-state index in [9.17, 15) is 9.90 Å². The summed E-state index contributed by atoms with van der Waals surface area (Å²) in [7, 11) is 0. The fraction of sp³-hybridized carbons (Fsp3) is 0.0714. The van der Waals surface area contributed by atoms with Gasteiger partial charge in [0.2, 0.25) is 0 Å². The third kappa shape index (κ3) is 2.22. The summed E-state index contributed by atoms with van der Waals surface area (Å²) in [6.07, 6.45) is 0. The molecule has 0 atom stereocenters. The number of nitrogens with one attached hydrogen (secondary N) is 1. The van der Waals surface area contributed by atoms with E-state index in [0.29, 0.717) is 22.6 Å². The number of hydrogen-bond acceptors (Lipinski definition) is 2. The Bertz CT molecular complexity index is 787. The first-order valence-corrected chi connectivity index (χ1v) is 6.17. The summed E-state index contributed by atoms with van der Waals surface area (Å²) in [5.74, 6) is 0.136. The monoisotopic (exact) mass is 274 g/mol. The maximum atomic E-state index is 11.9. The number of phenols is 1. The Balaban J connectivity index is 2.09. The van der Waals surface area contributed by atoms with Gasteiger partial charge in [-0.15, -0.1) is 0 Å². The molecule has 0 saturated carbocycles. The number of imidazole rings is 1. The third-order valence-corrected chi connectivity index (χ3v) is 3.26. The van der Waals surface area contributed by atoms with Gasteiger partial charge in [0.1, 0.15) is 5.75 Å². The molecule has 0 amide bonds. The predicted molar refractivity (Wildman–Crippen MR) is 74.8 cm³/mol. The van der Waals surface area contributed by atoms with Crippen LogP contribution in [0.2, 0.25) is 5.02 Å². The molecular formula is C14H11ClN2O2. The molecule has 0 saturated heterocycles. The molecule has 3 aromatic rings. The van der Waals surface area contributed by atoms with Gasteiger partial charge in [0.25, 0.3) is 0 Å². The number of aromatic hydroxyl groups is 1. The molecule has 2 aromatic carbocycles. The molecule has 0 fully saturated rings. The molecule has 0 aliphatic carbocycles. The van der Waals surface area contributed by atoms with Crippen molar-refractivity contribution >= 4 is 22.6 Å². The smallest absolute Gasteiger partial charge is 0.326 e. The van der Waals surface area contributed by atoms with Gasteiger partial charge >= 0.3 is 5.69 Å². The fourth-order valence-electron chi connectivity index (χ4n) is 2.07. The van der Waals surface area contributed by atoms with Gasteiger partial charge in [0.15, 0.2) is 0 Å². The lowest BCUT2D eigenvalue weighted by Crippen LogP contribution is -2.17. The topological polar surface area (TPSA) is 58.0 Å². The highest BCUT2D eigenvalue weighted by Gasteiger charge is 2.07. The Morgan fingerprint density at radius 3 is 2.63 bits per heavy atom. The maximum absolute atomic E-state index is 11.9. The van der Waals surface area contributed by atoms with Crippen molar-refractivity contribution in [2.75, 3.05) is 0 Å². The molecule has 1 aromatic heterocycles. The van der Waals surface area contributed by atoms with Crippen molar-refractivity contribution in [3.05, 3.63) is 63.5 Å². The van der Waals surface area contributed by atoms with Crippen LogP contribution in [0, 0.1) is 0 Å². The molecule has 19 heavy (non-hydrogen) atoms. The van der Waals surface area contributed by atoms with E-state index in [1.807, 2.05) is 12.1 Å². The zero-order valence-corrected chi connectivity index (χ0v) is 10.7. The molecule has 96 valence electrons. The average molecular weight is 275 g/mol. The highest BCUT2D eigenvalue weighted by atomic mass is 35.5. The number of hydrogen-bond donors (Lipinski definition) is 2. The van der Waals surface area contributed by atoms with Gasteiger partial charge < -0.3 is 10.1 Å². The molecule has 0 radical (unpaired) electrons. The van der Waals surface area contributed by atoms with E-state index in [4.69, 9.17) is 11.6 Å². The molecule has 1 heterocycles. The minimum atomic E-state index is -0.199. The van der Waals surface area contributed by atoms with E-state index in [-0.39, 0.29) is 11.4 Å². The van der Waals surface area contributed by atoms with Crippen molar-refractivity contribution < 1.29 is 5.11 Å². The first kappa shape index (κ1) is 11.9. The van der Waals surface area contributed by atoms with Crippen LogP contribution in [0.25, 0.3) is 11.0 Å². The van der Waals surface area contributed by atoms with Gasteiger partial charge in [0, 0.05) is 11.1 Å². The summed E-state index contributed by atoms with van der Waals surface area (Å²) in [4.78, 5) is 14.7. The summed E-state index contributed by atoms with van der Waals surface area (Å²) < 4.78 is 1.58. The Hall–Kier alpha value is -2.20. The summed E-state index contributed by atoms with van der Waals surface area (Å²) in [6, 6.07) is 12.1. The van der Waals surface area contributed by atoms with Crippen LogP contribution in [0.15, 0.2) is 47.3 Å². The minimum absolute atomic E-state index is 0.136. The van der Waals surface area contributed by atoms with E-state index in [1.165, 1.54) is 0 Å². The van der Waals surface area contributed by atoms with Crippen LogP contribution < -0.4 is 5.69 Å². The third-order valence-electron chi connectivity index (χ3n) is 3.01. The van der Waals surface area contributed by atoms with Crippen LogP contribution in [0.5, 0.6) is 5.75 Å². The van der Waals surface area contributed by atoms with Gasteiger partial charge in [-0.1, -0.05) is 23.7 Å². The van der Waals surface area contributed by atoms with Crippen molar-refractivity contribution in [2.24, 2.45) is 0 Å². The molecule has 2 N–H and O–H groups in total. The van der Waals surface area contributed by atoms with Crippen LogP contribution in [-0.4, -0.2) is 14.7 Å². The highest BCUT2D eigenvalue weighted by Crippen LogP contribution is 2.18. The number of H-pyrrole nitrogens is 1. The van der Waals surface area contributed by atoms with E-state index in [2.05, 4.69) is 4.98 Å². The van der Waals surface area contributed by atoms with Gasteiger partial charge in [0.05, 0.1) is 17.6 Å². The normalized spacial score (nSPS) is 11.0. The van der Waals surface area contributed by atoms with Crippen molar-refractivity contribution in [1.29, 1.82) is 0 Å². The molecule has 0 spiro atoms. The second-order valence-corrected chi connectivity index (χ2v) is 4.78. The van der Waals surface area contributed by atoms with Crippen molar-refractivity contribution in [3.8, 4) is 5.75 Å². The first-order valence-electron chi connectivity index (χ1n) is 5.79. The molecule has 0 aliphatic heterocycles. The second-order valence-electron chi connectivity index (χ2n) is 4.34. The quantitative estimate of drug-likeness (QED) is 0.755. The summed E-state index contributed by atoms with van der Waals surface area (Å²) in [5, 5.41) is 10.2. The van der Waals surface area contributed by atoms with Gasteiger partial charge in [-0.25, -0.2) is 4.79 Å². The number of nitrogens with zero attached hydrogens (tertiary/aromatic N) is 1. The number of fused-ring (bicyclic) bond motifs is 1. The minimum Gasteiger partial charge on any atom is -0.508 e. The summed E-state index contributed by atoms with van der Waals surface area (Å²) >= 11 is 5.83. The van der Waals surface area contributed by atoms with Crippen molar-refractivity contribution in [3.63, 3.8) is 0 Å². The molecule has 0 aliphatic rings. The molecular weight excluding hydrogens is 264 g/mol. The lowest BCUT2D eigenvalue weighted by molar-refractivity contribution is 0.476. The zero-order chi connectivity index (χ0) is 13.4. The Kier molecular flexibility index (Phi) is 2.80. The summed E-state index contributed by atoms with van der Waals surface area (Å²) in [6.45, 7) is 0.430. The number of aromatic nitrogens is 2. The van der Waals surface area contributed by atoms with Crippen LogP contribution in [0.1, 0.15) is 5.56 Å². The zero-order valence-electron chi connectivity index (χ0n) is 9.93. The van der Waals surface area contributed by atoms with E-state index >= 15 is 0 Å². The molecule has 0 bridgehead atoms. The molecule has 0 unspecified atom stereocenters. The van der Waals surface area contributed by atoms with Gasteiger partial charge in [-0.05, 0) is 29.8 Å². The predicted octanol–water partition coefficient (Wildman–Crippen LogP) is 2.74. The number of phenolic OH excluding ortho intramolecular Hbond substituents is 1. The second kappa shape index (κ2) is 4.48. The fourth-order valence-corrected chi connectivity index (χ4v) is 2.20. The number of rotatable bonds is 2. The SMILES string of the molecule is O=c1[nH]c2ccc(O)cc2n1Cc1ccc(Cl)cc1. The van der Waals surface area contributed by atoms with E-state index in [0.717, 1.165) is 5.56 Å². The average Bonchev–Trinajstić information content (AvgIpc) is 2.69. The van der Waals surface area contributed by atoms with Gasteiger partial charge in [-0.2, -0.15) is 0 Å². The number of halogens is 1. The lowest BCUT2D eigenvalue weighted by Gasteiger charge is -2.04.